The van der Waals surface area contributed by atoms with Crippen molar-refractivity contribution in [3.05, 3.63) is 21.6 Å². The normalized spacial score (nSPS) is 23.8. The highest BCUT2D eigenvalue weighted by atomic mass is 35.5. The summed E-state index contributed by atoms with van der Waals surface area (Å²) in [5, 5.41) is 10.5. The van der Waals surface area contributed by atoms with Crippen LogP contribution in [0.4, 0.5) is 5.69 Å². The fourth-order valence-corrected chi connectivity index (χ4v) is 2.45. The topological polar surface area (TPSA) is 70.1 Å². The van der Waals surface area contributed by atoms with Gasteiger partial charge in [0.05, 0.1) is 6.20 Å². The molecule has 0 radical (unpaired) electrons. The van der Waals surface area contributed by atoms with Gasteiger partial charge in [0, 0.05) is 5.71 Å². The van der Waals surface area contributed by atoms with Crippen molar-refractivity contribution in [2.75, 3.05) is 5.43 Å². The van der Waals surface area contributed by atoms with Crippen LogP contribution >= 0.6 is 11.6 Å². The van der Waals surface area contributed by atoms with Crippen molar-refractivity contribution in [2.45, 2.75) is 33.1 Å². The lowest BCUT2D eigenvalue weighted by molar-refractivity contribution is 0.486. The van der Waals surface area contributed by atoms with Crippen LogP contribution < -0.4 is 11.0 Å². The summed E-state index contributed by atoms with van der Waals surface area (Å²) in [5.41, 5.74) is 4.03. The second-order valence-corrected chi connectivity index (χ2v) is 5.19. The van der Waals surface area contributed by atoms with Gasteiger partial charge in [0.25, 0.3) is 5.56 Å². The van der Waals surface area contributed by atoms with Crippen LogP contribution in [-0.2, 0) is 0 Å². The number of aromatic amines is 1. The number of nitrogens with one attached hydrogen (secondary N) is 2. The van der Waals surface area contributed by atoms with Gasteiger partial charge in [-0.1, -0.05) is 31.9 Å². The summed E-state index contributed by atoms with van der Waals surface area (Å²) < 4.78 is 0. The van der Waals surface area contributed by atoms with Crippen molar-refractivity contribution in [3.8, 4) is 0 Å². The first kappa shape index (κ1) is 13.1. The quantitative estimate of drug-likeness (QED) is 0.810. The van der Waals surface area contributed by atoms with Gasteiger partial charge in [0.1, 0.15) is 10.7 Å². The van der Waals surface area contributed by atoms with E-state index < -0.39 is 5.56 Å². The van der Waals surface area contributed by atoms with Gasteiger partial charge < -0.3 is 0 Å². The number of aromatic nitrogens is 2. The summed E-state index contributed by atoms with van der Waals surface area (Å²) in [4.78, 5) is 11.3. The lowest BCUT2D eigenvalue weighted by atomic mass is 9.81. The molecule has 1 aromatic rings. The number of halogens is 1. The molecule has 1 saturated carbocycles. The van der Waals surface area contributed by atoms with Gasteiger partial charge >= 0.3 is 0 Å². The predicted octanol–water partition coefficient (Wildman–Crippen LogP) is 2.65. The van der Waals surface area contributed by atoms with E-state index in [2.05, 4.69) is 34.6 Å². The largest absolute Gasteiger partial charge is 0.285 e. The number of anilines is 1. The highest BCUT2D eigenvalue weighted by Gasteiger charge is 2.22. The molecule has 5 nitrogen and oxygen atoms in total. The molecular weight excluding hydrogens is 252 g/mol. The van der Waals surface area contributed by atoms with Crippen LogP contribution in [0.25, 0.3) is 0 Å². The molecule has 18 heavy (non-hydrogen) atoms. The van der Waals surface area contributed by atoms with Gasteiger partial charge in [-0.2, -0.15) is 10.2 Å². The van der Waals surface area contributed by atoms with Crippen LogP contribution in [0.1, 0.15) is 33.1 Å². The Labute approximate surface area is 111 Å². The third-order valence-electron chi connectivity index (χ3n) is 3.39. The number of hydrogen-bond donors (Lipinski definition) is 2. The van der Waals surface area contributed by atoms with E-state index in [1.807, 2.05) is 0 Å². The van der Waals surface area contributed by atoms with Crippen molar-refractivity contribution in [1.29, 1.82) is 0 Å². The number of hydrogen-bond acceptors (Lipinski definition) is 4. The van der Waals surface area contributed by atoms with Crippen molar-refractivity contribution >= 4 is 23.0 Å². The van der Waals surface area contributed by atoms with E-state index >= 15 is 0 Å². The number of hydrazone groups is 1. The van der Waals surface area contributed by atoms with E-state index in [0.29, 0.717) is 17.5 Å². The molecule has 2 N–H and O–H groups in total. The van der Waals surface area contributed by atoms with Crippen molar-refractivity contribution in [1.82, 2.24) is 10.2 Å². The van der Waals surface area contributed by atoms with Gasteiger partial charge in [-0.15, -0.1) is 0 Å². The average molecular weight is 269 g/mol. The Balaban J connectivity index is 2.19. The molecule has 0 saturated heterocycles. The SMILES string of the molecule is C[C@H]1CCC[C@H](C)C1=NNc1cn[nH]c(=O)c1Cl. The van der Waals surface area contributed by atoms with Gasteiger partial charge in [0.15, 0.2) is 0 Å². The van der Waals surface area contributed by atoms with Gasteiger partial charge in [-0.25, -0.2) is 5.10 Å². The van der Waals surface area contributed by atoms with Crippen LogP contribution in [0.3, 0.4) is 0 Å². The Hall–Kier alpha value is -1.36. The maximum absolute atomic E-state index is 11.3. The highest BCUT2D eigenvalue weighted by Crippen LogP contribution is 2.26. The minimum Gasteiger partial charge on any atom is -0.275 e. The van der Waals surface area contributed by atoms with E-state index in [1.54, 1.807) is 0 Å². The molecule has 0 amide bonds. The fraction of sp³-hybridized carbons (Fsp3) is 0.583. The third-order valence-corrected chi connectivity index (χ3v) is 3.76. The predicted molar refractivity (Wildman–Crippen MR) is 73.1 cm³/mol. The number of rotatable bonds is 2. The maximum atomic E-state index is 11.3. The maximum Gasteiger partial charge on any atom is 0.285 e. The molecular formula is C12H17ClN4O. The molecule has 0 aromatic carbocycles. The third kappa shape index (κ3) is 2.72. The molecule has 1 aromatic heterocycles. The fourth-order valence-electron chi connectivity index (χ4n) is 2.32. The van der Waals surface area contributed by atoms with Gasteiger partial charge in [-0.05, 0) is 24.7 Å². The summed E-state index contributed by atoms with van der Waals surface area (Å²) in [7, 11) is 0. The first-order chi connectivity index (χ1) is 8.59. The second-order valence-electron chi connectivity index (χ2n) is 4.81. The van der Waals surface area contributed by atoms with Crippen LogP contribution in [0, 0.1) is 11.8 Å². The van der Waals surface area contributed by atoms with Crippen LogP contribution in [0.15, 0.2) is 16.1 Å². The molecule has 1 aliphatic rings. The summed E-state index contributed by atoms with van der Waals surface area (Å²) in [6.45, 7) is 4.35. The molecule has 0 bridgehead atoms. The van der Waals surface area contributed by atoms with E-state index in [0.717, 1.165) is 18.6 Å². The summed E-state index contributed by atoms with van der Waals surface area (Å²) >= 11 is 5.87. The number of H-pyrrole nitrogens is 1. The van der Waals surface area contributed by atoms with Crippen LogP contribution in [-0.4, -0.2) is 15.9 Å². The first-order valence-corrected chi connectivity index (χ1v) is 6.54. The van der Waals surface area contributed by atoms with E-state index in [9.17, 15) is 4.79 Å². The monoisotopic (exact) mass is 268 g/mol. The lowest BCUT2D eigenvalue weighted by Crippen LogP contribution is -2.26. The Morgan fingerprint density at radius 2 is 2.11 bits per heavy atom. The molecule has 6 heteroatoms. The number of nitrogens with zero attached hydrogens (tertiary/aromatic N) is 2. The molecule has 98 valence electrons. The summed E-state index contributed by atoms with van der Waals surface area (Å²) in [6.07, 6.45) is 5.03. The van der Waals surface area contributed by atoms with E-state index in [4.69, 9.17) is 11.6 Å². The highest BCUT2D eigenvalue weighted by molar-refractivity contribution is 6.32. The minimum absolute atomic E-state index is 0.0884. The molecule has 0 unspecified atom stereocenters. The first-order valence-electron chi connectivity index (χ1n) is 6.16. The lowest BCUT2D eigenvalue weighted by Gasteiger charge is -2.26. The average Bonchev–Trinajstić information content (AvgIpc) is 2.33. The summed E-state index contributed by atoms with van der Waals surface area (Å²) in [6, 6.07) is 0. The Kier molecular flexibility index (Phi) is 4.01. The molecule has 0 spiro atoms. The molecule has 2 atom stereocenters. The smallest absolute Gasteiger partial charge is 0.275 e. The van der Waals surface area contributed by atoms with Crippen molar-refractivity contribution in [3.63, 3.8) is 0 Å². The Morgan fingerprint density at radius 1 is 1.44 bits per heavy atom. The van der Waals surface area contributed by atoms with Crippen molar-refractivity contribution < 1.29 is 0 Å². The zero-order valence-electron chi connectivity index (χ0n) is 10.5. The zero-order chi connectivity index (χ0) is 13.1. The molecule has 1 heterocycles. The van der Waals surface area contributed by atoms with Gasteiger partial charge in [-0.3, -0.25) is 10.2 Å². The molecule has 0 aliphatic heterocycles. The minimum atomic E-state index is -0.411. The summed E-state index contributed by atoms with van der Waals surface area (Å²) in [5.74, 6) is 0.935. The standard InChI is InChI=1S/C12H17ClN4O/c1-7-4-3-5-8(2)11(7)16-15-9-6-14-17-12(18)10(9)13/h6-8H,3-5H2,1-2H3,(H2,15,17,18)/t7-,8-/m0/s1. The Morgan fingerprint density at radius 3 is 2.78 bits per heavy atom. The Bertz CT molecular complexity index is 499. The molecule has 1 fully saturated rings. The van der Waals surface area contributed by atoms with E-state index in [1.165, 1.54) is 12.6 Å². The molecule has 1 aliphatic carbocycles. The molecule has 2 rings (SSSR count). The van der Waals surface area contributed by atoms with Crippen LogP contribution in [0.2, 0.25) is 5.02 Å². The van der Waals surface area contributed by atoms with Gasteiger partial charge in [0.2, 0.25) is 0 Å². The van der Waals surface area contributed by atoms with E-state index in [-0.39, 0.29) is 5.02 Å². The zero-order valence-corrected chi connectivity index (χ0v) is 11.3. The second kappa shape index (κ2) is 5.52. The van der Waals surface area contributed by atoms with Crippen molar-refractivity contribution in [2.24, 2.45) is 16.9 Å². The van der Waals surface area contributed by atoms with Crippen LogP contribution in [0.5, 0.6) is 0 Å².